The van der Waals surface area contributed by atoms with Gasteiger partial charge in [-0.05, 0) is 69.0 Å². The van der Waals surface area contributed by atoms with Gasteiger partial charge in [0, 0.05) is 24.6 Å². The van der Waals surface area contributed by atoms with Gasteiger partial charge in [-0.25, -0.2) is 0 Å². The van der Waals surface area contributed by atoms with E-state index >= 15 is 0 Å². The zero-order valence-corrected chi connectivity index (χ0v) is 31.5. The van der Waals surface area contributed by atoms with Crippen LogP contribution in [0.2, 0.25) is 0 Å². The second kappa shape index (κ2) is 19.3. The van der Waals surface area contributed by atoms with Crippen LogP contribution in [0.5, 0.6) is 11.5 Å². The molecule has 0 radical (unpaired) electrons. The zero-order valence-electron chi connectivity index (χ0n) is 31.5. The molecule has 3 fully saturated rings. The minimum atomic E-state index is -0.884. The van der Waals surface area contributed by atoms with Crippen LogP contribution < -0.4 is 4.74 Å². The summed E-state index contributed by atoms with van der Waals surface area (Å²) in [5, 5.41) is 41.7. The Balaban J connectivity index is 0.000000196. The number of unbranched alkanes of at least 4 members (excludes halogenated alkanes) is 18. The van der Waals surface area contributed by atoms with Crippen LogP contribution in [0.15, 0.2) is 12.1 Å². The van der Waals surface area contributed by atoms with Gasteiger partial charge in [0.2, 0.25) is 0 Å². The van der Waals surface area contributed by atoms with E-state index in [0.717, 1.165) is 50.3 Å². The lowest BCUT2D eigenvalue weighted by atomic mass is 9.48. The van der Waals surface area contributed by atoms with Gasteiger partial charge in [-0.1, -0.05) is 135 Å². The van der Waals surface area contributed by atoms with E-state index in [1.54, 1.807) is 6.07 Å². The molecule has 1 saturated heterocycles. The van der Waals surface area contributed by atoms with Crippen LogP contribution in [0.25, 0.3) is 0 Å². The first kappa shape index (κ1) is 39.4. The number of hydrogen-bond acceptors (Lipinski definition) is 6. The van der Waals surface area contributed by atoms with Gasteiger partial charge in [0.1, 0.15) is 6.10 Å². The van der Waals surface area contributed by atoms with Crippen molar-refractivity contribution in [3.63, 3.8) is 0 Å². The quantitative estimate of drug-likeness (QED) is 0.0894. The molecular formula is C43H71NO6. The van der Waals surface area contributed by atoms with Crippen molar-refractivity contribution in [3.8, 4) is 11.5 Å². The largest absolute Gasteiger partial charge is 0.504 e. The molecule has 1 aromatic carbocycles. The number of piperidine rings is 1. The lowest BCUT2D eigenvalue weighted by molar-refractivity contribution is -0.209. The fraction of sp³-hybridized carbons (Fsp3) is 0.837. The van der Waals surface area contributed by atoms with Gasteiger partial charge in [-0.3, -0.25) is 9.69 Å². The smallest absolute Gasteiger partial charge is 0.303 e. The molecule has 2 saturated carbocycles. The van der Waals surface area contributed by atoms with Crippen molar-refractivity contribution >= 4 is 5.97 Å². The first-order chi connectivity index (χ1) is 24.3. The fourth-order valence-corrected chi connectivity index (χ4v) is 10.2. The molecule has 5 aliphatic rings. The average Bonchev–Trinajstić information content (AvgIpc) is 3.44. The first-order valence-corrected chi connectivity index (χ1v) is 21.2. The van der Waals surface area contributed by atoms with E-state index < -0.39 is 29.2 Å². The topological polar surface area (TPSA) is 110 Å². The highest BCUT2D eigenvalue weighted by Crippen LogP contribution is 2.65. The molecule has 6 rings (SSSR count). The summed E-state index contributed by atoms with van der Waals surface area (Å²) in [5.74, 6) is 0.770. The van der Waals surface area contributed by atoms with Crippen molar-refractivity contribution in [2.24, 2.45) is 5.92 Å². The highest BCUT2D eigenvalue weighted by molar-refractivity contribution is 5.66. The Morgan fingerprint density at radius 3 is 1.90 bits per heavy atom. The van der Waals surface area contributed by atoms with Gasteiger partial charge in [-0.2, -0.15) is 0 Å². The van der Waals surface area contributed by atoms with Crippen molar-refractivity contribution in [3.05, 3.63) is 23.3 Å². The van der Waals surface area contributed by atoms with E-state index in [1.807, 2.05) is 6.07 Å². The van der Waals surface area contributed by atoms with Gasteiger partial charge in [0.25, 0.3) is 0 Å². The molecule has 1 spiro atoms. The van der Waals surface area contributed by atoms with E-state index in [0.29, 0.717) is 25.0 Å². The van der Waals surface area contributed by atoms with Crippen LogP contribution in [0.4, 0.5) is 0 Å². The lowest BCUT2D eigenvalue weighted by Crippen LogP contribution is -2.77. The summed E-state index contributed by atoms with van der Waals surface area (Å²) in [6.07, 6.45) is 31.8. The van der Waals surface area contributed by atoms with Crippen LogP contribution in [0.1, 0.15) is 185 Å². The highest BCUT2D eigenvalue weighted by atomic mass is 16.5. The molecule has 2 bridgehead atoms. The average molecular weight is 698 g/mol. The number of phenols is 1. The number of carboxylic acids is 1. The molecule has 2 heterocycles. The molecule has 3 aliphatic carbocycles. The second-order valence-corrected chi connectivity index (χ2v) is 16.8. The van der Waals surface area contributed by atoms with Crippen molar-refractivity contribution in [1.29, 1.82) is 0 Å². The molecule has 7 heteroatoms. The molecular weight excluding hydrogens is 626 g/mol. The molecule has 2 aliphatic heterocycles. The summed E-state index contributed by atoms with van der Waals surface area (Å²) < 4.78 is 6.16. The number of nitrogens with zero attached hydrogens (tertiary/aromatic N) is 1. The normalized spacial score (nSPS) is 27.9. The van der Waals surface area contributed by atoms with Gasteiger partial charge in [0.05, 0.1) is 17.1 Å². The number of benzene rings is 1. The third-order valence-electron chi connectivity index (χ3n) is 13.3. The zero-order chi connectivity index (χ0) is 35.4. The minimum absolute atomic E-state index is 0.0819. The highest BCUT2D eigenvalue weighted by Gasteiger charge is 2.72. The maximum absolute atomic E-state index is 12.1. The summed E-state index contributed by atoms with van der Waals surface area (Å²) in [5.41, 5.74) is 0.712. The molecule has 1 aromatic rings. The van der Waals surface area contributed by atoms with Crippen molar-refractivity contribution in [2.45, 2.75) is 210 Å². The summed E-state index contributed by atoms with van der Waals surface area (Å²) >= 11 is 0. The molecule has 0 aromatic heterocycles. The van der Waals surface area contributed by atoms with E-state index in [-0.39, 0.29) is 11.8 Å². The van der Waals surface area contributed by atoms with Gasteiger partial charge in [-0.15, -0.1) is 0 Å². The monoisotopic (exact) mass is 698 g/mol. The Hall–Kier alpha value is -1.83. The number of aliphatic hydroxyl groups is 2. The van der Waals surface area contributed by atoms with Crippen molar-refractivity contribution < 1.29 is 30.0 Å². The lowest BCUT2D eigenvalue weighted by Gasteiger charge is -2.64. The number of aliphatic hydroxyl groups excluding tert-OH is 1. The van der Waals surface area contributed by atoms with Gasteiger partial charge < -0.3 is 25.2 Å². The number of ether oxygens (including phenoxy) is 1. The van der Waals surface area contributed by atoms with E-state index in [4.69, 9.17) is 9.84 Å². The second-order valence-electron chi connectivity index (χ2n) is 16.8. The summed E-state index contributed by atoms with van der Waals surface area (Å²) in [4.78, 5) is 12.9. The van der Waals surface area contributed by atoms with Crippen LogP contribution in [0.3, 0.4) is 0 Å². The SMILES string of the molecule is CCCCCCCCCCCCCCCCCCCCCC(=O)O.Oc1ccc2c3c1O[C@H]1[C@@H](O)CC[C@@]4(O)[C@@H](C2)N(CC2CCC2)CC[C@]314. The number of aromatic hydroxyl groups is 1. The van der Waals surface area contributed by atoms with Crippen LogP contribution in [-0.2, 0) is 16.6 Å². The Morgan fingerprint density at radius 2 is 1.38 bits per heavy atom. The number of carbonyl (C=O) groups is 1. The molecule has 4 N–H and O–H groups in total. The van der Waals surface area contributed by atoms with E-state index in [2.05, 4.69) is 11.8 Å². The molecule has 7 nitrogen and oxygen atoms in total. The maximum atomic E-state index is 12.1. The molecule has 50 heavy (non-hydrogen) atoms. The predicted octanol–water partition coefficient (Wildman–Crippen LogP) is 9.60. The standard InChI is InChI=1S/C22H44O2.C21H27NO4/c1-2-3-4-5-6-7-8-9-10-11-12-13-14-15-16-17-18-19-20-21-22(23)24;23-14-5-4-13-10-16-21(25)7-6-15(24)19-20(21,17(13)18(14)26-19)8-9-22(16)11-12-2-1-3-12/h2-21H2,1H3,(H,23,24);4-5,12,15-16,19,23-25H,1-3,6-11H2/t;15-,16+,19-,20-,21+/m.0/s1. The maximum Gasteiger partial charge on any atom is 0.303 e. The van der Waals surface area contributed by atoms with Crippen molar-refractivity contribution in [2.75, 3.05) is 13.1 Å². The predicted molar refractivity (Wildman–Crippen MR) is 201 cm³/mol. The van der Waals surface area contributed by atoms with Gasteiger partial charge >= 0.3 is 5.97 Å². The number of likely N-dealkylation sites (tertiary alicyclic amines) is 1. The minimum Gasteiger partial charge on any atom is -0.504 e. The third-order valence-corrected chi connectivity index (χ3v) is 13.3. The van der Waals surface area contributed by atoms with Crippen molar-refractivity contribution in [1.82, 2.24) is 4.90 Å². The van der Waals surface area contributed by atoms with Crippen LogP contribution >= 0.6 is 0 Å². The van der Waals surface area contributed by atoms with Gasteiger partial charge in [0.15, 0.2) is 11.5 Å². The third kappa shape index (κ3) is 9.20. The number of carboxylic acid groups (broad SMARTS) is 1. The molecule has 0 unspecified atom stereocenters. The van der Waals surface area contributed by atoms with Crippen LogP contribution in [0, 0.1) is 5.92 Å². The summed E-state index contributed by atoms with van der Waals surface area (Å²) in [7, 11) is 0. The number of phenolic OH excluding ortho intramolecular Hbond substituents is 1. The Labute approximate surface area is 303 Å². The number of rotatable bonds is 22. The van der Waals surface area contributed by atoms with E-state index in [9.17, 15) is 20.1 Å². The molecule has 284 valence electrons. The van der Waals surface area contributed by atoms with Crippen LogP contribution in [-0.4, -0.2) is 68.2 Å². The Bertz CT molecular complexity index is 1190. The summed E-state index contributed by atoms with van der Waals surface area (Å²) in [6.45, 7) is 4.30. The molecule has 0 amide bonds. The Morgan fingerprint density at radius 1 is 0.820 bits per heavy atom. The summed E-state index contributed by atoms with van der Waals surface area (Å²) in [6, 6.07) is 3.80. The fourth-order valence-electron chi connectivity index (χ4n) is 10.2. The molecule has 5 atom stereocenters. The van der Waals surface area contributed by atoms with E-state index in [1.165, 1.54) is 134 Å². The number of aliphatic carboxylic acids is 1. The number of hydrogen-bond donors (Lipinski definition) is 4. The Kier molecular flexibility index (Phi) is 15.2. The first-order valence-electron chi connectivity index (χ1n) is 21.2.